The Balaban J connectivity index is 1.53. The van der Waals surface area contributed by atoms with Crippen molar-refractivity contribution in [3.05, 3.63) is 29.6 Å². The van der Waals surface area contributed by atoms with Crippen molar-refractivity contribution in [2.45, 2.75) is 50.9 Å². The number of nitrogens with zero attached hydrogens (tertiary/aromatic N) is 4. The molecule has 1 amide bonds. The predicted octanol–water partition coefficient (Wildman–Crippen LogP) is 2.63. The molecule has 1 unspecified atom stereocenters. The lowest BCUT2D eigenvalue weighted by Crippen LogP contribution is -2.37. The summed E-state index contributed by atoms with van der Waals surface area (Å²) in [6.07, 6.45) is -0.836. The van der Waals surface area contributed by atoms with Crippen LogP contribution in [-0.2, 0) is 17.5 Å². The average molecular weight is 422 g/mol. The van der Waals surface area contributed by atoms with Crippen LogP contribution < -0.4 is 11.1 Å². The minimum atomic E-state index is -4.56. The predicted molar refractivity (Wildman–Crippen MR) is 106 cm³/mol. The number of hydrogen-bond donors (Lipinski definition) is 2. The molecule has 30 heavy (non-hydrogen) atoms. The fraction of sp³-hybridized carbons (Fsp3) is 0.550. The van der Waals surface area contributed by atoms with Gasteiger partial charge < -0.3 is 16.0 Å². The van der Waals surface area contributed by atoms with Crippen molar-refractivity contribution < 1.29 is 18.0 Å². The van der Waals surface area contributed by atoms with E-state index in [9.17, 15) is 18.0 Å². The van der Waals surface area contributed by atoms with Crippen LogP contribution in [0.1, 0.15) is 43.4 Å². The van der Waals surface area contributed by atoms with E-state index in [2.05, 4.69) is 20.3 Å². The van der Waals surface area contributed by atoms with Crippen LogP contribution in [0.3, 0.4) is 0 Å². The Bertz CT molecular complexity index is 941. The van der Waals surface area contributed by atoms with Crippen LogP contribution in [0.15, 0.2) is 18.3 Å². The summed E-state index contributed by atoms with van der Waals surface area (Å²) in [7, 11) is 0. The third-order valence-electron chi connectivity index (χ3n) is 5.88. The maximum atomic E-state index is 13.2. The number of carbonyl (C=O) groups excluding carboxylic acids is 1. The Morgan fingerprint density at radius 1 is 1.30 bits per heavy atom. The molecule has 2 atom stereocenters. The Hall–Kier alpha value is -2.62. The number of alkyl halides is 3. The fourth-order valence-electron chi connectivity index (χ4n) is 4.36. The molecule has 2 saturated heterocycles. The van der Waals surface area contributed by atoms with E-state index in [0.717, 1.165) is 44.2 Å². The molecule has 0 bridgehead atoms. The van der Waals surface area contributed by atoms with E-state index in [1.165, 1.54) is 6.20 Å². The van der Waals surface area contributed by atoms with E-state index in [4.69, 9.17) is 5.73 Å². The summed E-state index contributed by atoms with van der Waals surface area (Å²) in [5, 5.41) is 7.53. The van der Waals surface area contributed by atoms with Crippen molar-refractivity contribution in [2.75, 3.05) is 25.4 Å². The number of aromatic nitrogens is 3. The number of aryl methyl sites for hydroxylation is 1. The van der Waals surface area contributed by atoms with Crippen molar-refractivity contribution in [2.24, 2.45) is 0 Å². The van der Waals surface area contributed by atoms with Gasteiger partial charge in [-0.2, -0.15) is 18.3 Å². The molecule has 4 rings (SSSR count). The van der Waals surface area contributed by atoms with Gasteiger partial charge in [-0.1, -0.05) is 0 Å². The zero-order chi connectivity index (χ0) is 21.5. The fourth-order valence-corrected chi connectivity index (χ4v) is 4.36. The Morgan fingerprint density at radius 3 is 2.77 bits per heavy atom. The lowest BCUT2D eigenvalue weighted by molar-refractivity contribution is -0.137. The summed E-state index contributed by atoms with van der Waals surface area (Å²) >= 11 is 0. The minimum absolute atomic E-state index is 0.111. The number of halogens is 3. The van der Waals surface area contributed by atoms with E-state index < -0.39 is 17.6 Å². The lowest BCUT2D eigenvalue weighted by atomic mass is 10.0. The summed E-state index contributed by atoms with van der Waals surface area (Å²) in [6, 6.07) is 3.07. The summed E-state index contributed by atoms with van der Waals surface area (Å²) in [6.45, 7) is 5.17. The van der Waals surface area contributed by atoms with Crippen LogP contribution in [0.2, 0.25) is 0 Å². The maximum absolute atomic E-state index is 13.2. The number of likely N-dealkylation sites (tertiary alicyclic amines) is 1. The Kier molecular flexibility index (Phi) is 5.44. The number of nitrogens with one attached hydrogen (secondary N) is 1. The quantitative estimate of drug-likeness (QED) is 0.773. The summed E-state index contributed by atoms with van der Waals surface area (Å²) in [5.74, 6) is -0.182. The molecular weight excluding hydrogens is 397 g/mol. The van der Waals surface area contributed by atoms with Crippen molar-refractivity contribution in [1.29, 1.82) is 0 Å². The number of anilines is 1. The van der Waals surface area contributed by atoms with Crippen molar-refractivity contribution >= 4 is 11.7 Å². The van der Waals surface area contributed by atoms with E-state index >= 15 is 0 Å². The first kappa shape index (κ1) is 20.6. The molecule has 2 aliphatic heterocycles. The number of pyridine rings is 1. The first-order chi connectivity index (χ1) is 14.2. The summed E-state index contributed by atoms with van der Waals surface area (Å²) < 4.78 is 41.4. The summed E-state index contributed by atoms with van der Waals surface area (Å²) in [5.41, 5.74) is 6.24. The highest BCUT2D eigenvalue weighted by Gasteiger charge is 2.35. The van der Waals surface area contributed by atoms with Gasteiger partial charge in [0.15, 0.2) is 0 Å². The average Bonchev–Trinajstić information content (AvgIpc) is 3.41. The minimum Gasteiger partial charge on any atom is -0.383 e. The van der Waals surface area contributed by atoms with Gasteiger partial charge in [0.05, 0.1) is 11.3 Å². The molecule has 0 saturated carbocycles. The molecule has 2 fully saturated rings. The standard InChI is InChI=1S/C20H25F3N6O/c1-2-29-17(12-5-6-28(10-12)11-14-3-4-18(30)26-14)8-16(27-29)13-7-15(20(21,22)23)19(24)25-9-13/h7-9,12,14H,2-6,10-11H2,1H3,(H2,24,25)(H,26,30)/t12?,14-/m1/s1. The number of amides is 1. The van der Waals surface area contributed by atoms with Crippen LogP contribution in [0.25, 0.3) is 11.3 Å². The lowest BCUT2D eigenvalue weighted by Gasteiger charge is -2.20. The molecule has 0 radical (unpaired) electrons. The van der Waals surface area contributed by atoms with Gasteiger partial charge in [-0.3, -0.25) is 9.48 Å². The van der Waals surface area contributed by atoms with E-state index in [1.54, 1.807) is 0 Å². The van der Waals surface area contributed by atoms with Gasteiger partial charge in [-0.25, -0.2) is 4.98 Å². The molecule has 3 N–H and O–H groups in total. The molecule has 7 nitrogen and oxygen atoms in total. The Labute approximate surface area is 172 Å². The van der Waals surface area contributed by atoms with E-state index in [1.807, 2.05) is 17.7 Å². The second-order valence-corrected chi connectivity index (χ2v) is 7.97. The number of carbonyl (C=O) groups is 1. The van der Waals surface area contributed by atoms with Crippen LogP contribution in [0, 0.1) is 0 Å². The number of hydrogen-bond acceptors (Lipinski definition) is 5. The molecule has 10 heteroatoms. The highest BCUT2D eigenvalue weighted by molar-refractivity contribution is 5.78. The molecule has 2 aromatic rings. The largest absolute Gasteiger partial charge is 0.419 e. The third-order valence-corrected chi connectivity index (χ3v) is 5.88. The van der Waals surface area contributed by atoms with E-state index in [0.29, 0.717) is 24.2 Å². The first-order valence-corrected chi connectivity index (χ1v) is 10.2. The van der Waals surface area contributed by atoms with Crippen LogP contribution in [0.5, 0.6) is 0 Å². The van der Waals surface area contributed by atoms with Gasteiger partial charge in [0, 0.05) is 55.5 Å². The molecular formula is C20H25F3N6O. The SMILES string of the molecule is CCn1nc(-c2cnc(N)c(C(F)(F)F)c2)cc1C1CCN(C[C@H]2CCC(=O)N2)C1. The molecule has 2 aromatic heterocycles. The molecule has 0 spiro atoms. The number of nitrogens with two attached hydrogens (primary N) is 1. The molecule has 162 valence electrons. The molecule has 2 aliphatic rings. The van der Waals surface area contributed by atoms with Gasteiger partial charge in [0.2, 0.25) is 5.91 Å². The second-order valence-electron chi connectivity index (χ2n) is 7.97. The van der Waals surface area contributed by atoms with Crippen LogP contribution in [0.4, 0.5) is 19.0 Å². The monoisotopic (exact) mass is 422 g/mol. The van der Waals surface area contributed by atoms with Crippen molar-refractivity contribution in [1.82, 2.24) is 25.0 Å². The second kappa shape index (κ2) is 7.90. The molecule has 0 aliphatic carbocycles. The van der Waals surface area contributed by atoms with Crippen LogP contribution >= 0.6 is 0 Å². The van der Waals surface area contributed by atoms with Gasteiger partial charge in [0.25, 0.3) is 0 Å². The number of rotatable bonds is 5. The van der Waals surface area contributed by atoms with Gasteiger partial charge >= 0.3 is 6.18 Å². The third kappa shape index (κ3) is 4.14. The highest BCUT2D eigenvalue weighted by Crippen LogP contribution is 2.36. The zero-order valence-corrected chi connectivity index (χ0v) is 16.7. The molecule has 0 aromatic carbocycles. The summed E-state index contributed by atoms with van der Waals surface area (Å²) in [4.78, 5) is 17.5. The maximum Gasteiger partial charge on any atom is 0.419 e. The Morgan fingerprint density at radius 2 is 2.10 bits per heavy atom. The normalized spacial score (nSPS) is 22.6. The zero-order valence-electron chi connectivity index (χ0n) is 16.7. The van der Waals surface area contributed by atoms with Crippen molar-refractivity contribution in [3.8, 4) is 11.3 Å². The number of nitrogen functional groups attached to an aromatic ring is 1. The first-order valence-electron chi connectivity index (χ1n) is 10.2. The van der Waals surface area contributed by atoms with E-state index in [-0.39, 0.29) is 17.9 Å². The molecule has 4 heterocycles. The smallest absolute Gasteiger partial charge is 0.383 e. The van der Waals surface area contributed by atoms with Crippen LogP contribution in [-0.4, -0.2) is 51.2 Å². The highest BCUT2D eigenvalue weighted by atomic mass is 19.4. The van der Waals surface area contributed by atoms with Gasteiger partial charge in [-0.15, -0.1) is 0 Å². The topological polar surface area (TPSA) is 89.1 Å². The van der Waals surface area contributed by atoms with Crippen molar-refractivity contribution in [3.63, 3.8) is 0 Å². The van der Waals surface area contributed by atoms with Gasteiger partial charge in [0.1, 0.15) is 5.82 Å². The van der Waals surface area contributed by atoms with Gasteiger partial charge in [-0.05, 0) is 38.4 Å².